The van der Waals surface area contributed by atoms with E-state index in [1.54, 1.807) is 12.1 Å². The van der Waals surface area contributed by atoms with Gasteiger partial charge in [-0.25, -0.2) is 0 Å². The van der Waals surface area contributed by atoms with Crippen LogP contribution < -0.4 is 15.8 Å². The molecule has 0 saturated carbocycles. The highest BCUT2D eigenvalue weighted by molar-refractivity contribution is 5.91. The average molecular weight is 465 g/mol. The summed E-state index contributed by atoms with van der Waals surface area (Å²) in [5.41, 5.74) is 11.5. The smallest absolute Gasteiger partial charge is 0.224 e. The second-order valence-electron chi connectivity index (χ2n) is 8.91. The largest absolute Gasteiger partial charge is 0.508 e. The average Bonchev–Trinajstić information content (AvgIpc) is 3.23. The van der Waals surface area contributed by atoms with E-state index in [1.165, 1.54) is 0 Å². The van der Waals surface area contributed by atoms with Gasteiger partial charge in [0.25, 0.3) is 0 Å². The third kappa shape index (κ3) is 3.59. The lowest BCUT2D eigenvalue weighted by Gasteiger charge is -2.37. The Hall–Kier alpha value is -4.29. The van der Waals surface area contributed by atoms with E-state index in [1.807, 2.05) is 60.7 Å². The summed E-state index contributed by atoms with van der Waals surface area (Å²) in [5.74, 6) is 1.37. The second kappa shape index (κ2) is 8.18. The highest BCUT2D eigenvalue weighted by Gasteiger charge is 2.49. The van der Waals surface area contributed by atoms with Gasteiger partial charge in [0, 0.05) is 41.1 Å². The number of nitrogen functional groups attached to an aromatic ring is 1. The van der Waals surface area contributed by atoms with E-state index >= 15 is 0 Å². The molecule has 0 aromatic heterocycles. The molecule has 6 rings (SSSR count). The number of benzene rings is 4. The molecule has 4 aromatic rings. The minimum absolute atomic E-state index is 0.101. The van der Waals surface area contributed by atoms with Gasteiger partial charge in [-0.3, -0.25) is 4.79 Å². The molecule has 0 aliphatic carbocycles. The van der Waals surface area contributed by atoms with Crippen molar-refractivity contribution in [3.8, 4) is 17.2 Å². The van der Waals surface area contributed by atoms with Gasteiger partial charge in [0.05, 0.1) is 6.61 Å². The molecule has 2 aliphatic heterocycles. The van der Waals surface area contributed by atoms with Crippen molar-refractivity contribution in [3.05, 3.63) is 113 Å². The number of anilines is 2. The van der Waals surface area contributed by atoms with Crippen LogP contribution in [0, 0.1) is 0 Å². The Morgan fingerprint density at radius 1 is 0.914 bits per heavy atom. The highest BCUT2D eigenvalue weighted by Crippen LogP contribution is 2.56. The van der Waals surface area contributed by atoms with Crippen molar-refractivity contribution in [1.82, 2.24) is 0 Å². The van der Waals surface area contributed by atoms with Crippen LogP contribution in [0.4, 0.5) is 11.4 Å². The molecule has 35 heavy (non-hydrogen) atoms. The number of ether oxygens (including phenoxy) is 2. The molecule has 174 valence electrons. The Balaban J connectivity index is 1.32. The van der Waals surface area contributed by atoms with Crippen LogP contribution in [0.3, 0.4) is 0 Å². The van der Waals surface area contributed by atoms with E-state index in [9.17, 15) is 9.90 Å². The second-order valence-corrected chi connectivity index (χ2v) is 8.91. The Bertz CT molecular complexity index is 1450. The quantitative estimate of drug-likeness (QED) is 0.348. The predicted molar refractivity (Wildman–Crippen MR) is 134 cm³/mol. The van der Waals surface area contributed by atoms with Crippen LogP contribution in [0.25, 0.3) is 0 Å². The Morgan fingerprint density at radius 3 is 2.49 bits per heavy atom. The van der Waals surface area contributed by atoms with Gasteiger partial charge in [0.15, 0.2) is 5.60 Å². The van der Waals surface area contributed by atoms with E-state index < -0.39 is 5.60 Å². The van der Waals surface area contributed by atoms with Crippen LogP contribution in [0.5, 0.6) is 17.2 Å². The van der Waals surface area contributed by atoms with Crippen LogP contribution >= 0.6 is 0 Å². The van der Waals surface area contributed by atoms with Crippen molar-refractivity contribution in [3.63, 3.8) is 0 Å². The van der Waals surface area contributed by atoms with E-state index in [2.05, 4.69) is 17.4 Å². The summed E-state index contributed by atoms with van der Waals surface area (Å²) < 4.78 is 12.8. The summed E-state index contributed by atoms with van der Waals surface area (Å²) in [6.45, 7) is 0.495. The zero-order valence-corrected chi connectivity index (χ0v) is 19.0. The molecule has 2 aliphatic rings. The molecule has 6 nitrogen and oxygen atoms in total. The van der Waals surface area contributed by atoms with Gasteiger partial charge in [-0.05, 0) is 59.5 Å². The highest BCUT2D eigenvalue weighted by atomic mass is 16.5. The predicted octanol–water partition coefficient (Wildman–Crippen LogP) is 5.47. The van der Waals surface area contributed by atoms with Gasteiger partial charge in [-0.2, -0.15) is 0 Å². The fraction of sp³-hybridized carbons (Fsp3) is 0.138. The van der Waals surface area contributed by atoms with Crippen LogP contribution in [0.2, 0.25) is 0 Å². The molecule has 0 fully saturated rings. The molecular formula is C29H24N2O4. The summed E-state index contributed by atoms with van der Waals surface area (Å²) in [7, 11) is 0. The first-order valence-corrected chi connectivity index (χ1v) is 11.6. The summed E-state index contributed by atoms with van der Waals surface area (Å²) in [5, 5.41) is 12.4. The number of fused-ring (bicyclic) bond motifs is 6. The number of hydrogen-bond donors (Lipinski definition) is 3. The van der Waals surface area contributed by atoms with Gasteiger partial charge in [0.2, 0.25) is 5.91 Å². The minimum atomic E-state index is -0.797. The third-order valence-electron chi connectivity index (χ3n) is 6.67. The molecule has 6 heteroatoms. The number of phenolic OH excluding ortho intramolecular Hbond substituents is 1. The first-order chi connectivity index (χ1) is 17.0. The van der Waals surface area contributed by atoms with Gasteiger partial charge in [0.1, 0.15) is 17.2 Å². The van der Waals surface area contributed by atoms with E-state index in [0.29, 0.717) is 42.3 Å². The van der Waals surface area contributed by atoms with Crippen molar-refractivity contribution in [2.24, 2.45) is 0 Å². The molecule has 0 bridgehead atoms. The van der Waals surface area contributed by atoms with Crippen molar-refractivity contribution >= 4 is 17.3 Å². The van der Waals surface area contributed by atoms with Crippen LogP contribution in [-0.2, 0) is 28.2 Å². The molecule has 1 atom stereocenters. The number of carbonyl (C=O) groups is 1. The molecule has 0 radical (unpaired) electrons. The van der Waals surface area contributed by atoms with Crippen molar-refractivity contribution < 1.29 is 19.4 Å². The van der Waals surface area contributed by atoms with Crippen LogP contribution in [-0.4, -0.2) is 11.0 Å². The standard InChI is InChI=1S/C29H24N2O4/c30-20-8-12-24-26(15-20)35-27-16-21(31-28(33)14-7-18-5-10-22(32)11-6-18)9-13-25(27)29(24)23-4-2-1-3-19(23)17-34-29/h1-6,8-13,15-16,32H,7,14,17,30H2,(H,31,33). The van der Waals surface area contributed by atoms with Gasteiger partial charge < -0.3 is 25.6 Å². The van der Waals surface area contributed by atoms with Crippen molar-refractivity contribution in [1.29, 1.82) is 0 Å². The van der Waals surface area contributed by atoms with Crippen molar-refractivity contribution in [2.45, 2.75) is 25.0 Å². The molecule has 1 unspecified atom stereocenters. The zero-order chi connectivity index (χ0) is 24.0. The van der Waals surface area contributed by atoms with Gasteiger partial charge in [-0.1, -0.05) is 36.4 Å². The number of carbonyl (C=O) groups excluding carboxylic acids is 1. The molecule has 4 aromatic carbocycles. The summed E-state index contributed by atoms with van der Waals surface area (Å²) in [4.78, 5) is 12.6. The maximum absolute atomic E-state index is 12.6. The molecule has 4 N–H and O–H groups in total. The number of nitrogens with two attached hydrogens (primary N) is 1. The van der Waals surface area contributed by atoms with Crippen LogP contribution in [0.15, 0.2) is 84.9 Å². The maximum Gasteiger partial charge on any atom is 0.224 e. The Kier molecular flexibility index (Phi) is 4.97. The first kappa shape index (κ1) is 21.3. The molecule has 1 spiro atoms. The normalized spacial score (nSPS) is 17.3. The maximum atomic E-state index is 12.6. The number of aromatic hydroxyl groups is 1. The lowest BCUT2D eigenvalue weighted by atomic mass is 9.77. The summed E-state index contributed by atoms with van der Waals surface area (Å²) in [6, 6.07) is 26.4. The van der Waals surface area contributed by atoms with Crippen molar-refractivity contribution in [2.75, 3.05) is 11.1 Å². The number of hydrogen-bond acceptors (Lipinski definition) is 5. The van der Waals surface area contributed by atoms with E-state index in [0.717, 1.165) is 27.8 Å². The Morgan fingerprint density at radius 2 is 1.66 bits per heavy atom. The topological polar surface area (TPSA) is 93.8 Å². The number of rotatable bonds is 4. The molecule has 1 amide bonds. The number of aryl methyl sites for hydroxylation is 1. The fourth-order valence-electron chi connectivity index (χ4n) is 5.00. The molecule has 0 saturated heterocycles. The van der Waals surface area contributed by atoms with E-state index in [4.69, 9.17) is 15.2 Å². The molecular weight excluding hydrogens is 440 g/mol. The summed E-state index contributed by atoms with van der Waals surface area (Å²) >= 11 is 0. The summed E-state index contributed by atoms with van der Waals surface area (Å²) in [6.07, 6.45) is 0.899. The molecule has 2 heterocycles. The van der Waals surface area contributed by atoms with Crippen LogP contribution in [0.1, 0.15) is 34.2 Å². The van der Waals surface area contributed by atoms with Gasteiger partial charge >= 0.3 is 0 Å². The lowest BCUT2D eigenvalue weighted by molar-refractivity contribution is -0.116. The third-order valence-corrected chi connectivity index (χ3v) is 6.67. The number of phenols is 1. The monoisotopic (exact) mass is 464 g/mol. The SMILES string of the molecule is Nc1ccc2c(c1)Oc1cc(NC(=O)CCc3ccc(O)cc3)ccc1C21OCc2ccccc21. The zero-order valence-electron chi connectivity index (χ0n) is 19.0. The number of nitrogens with one attached hydrogen (secondary N) is 1. The number of amides is 1. The fourth-order valence-corrected chi connectivity index (χ4v) is 5.00. The van der Waals surface area contributed by atoms with E-state index in [-0.39, 0.29) is 11.7 Å². The van der Waals surface area contributed by atoms with Gasteiger partial charge in [-0.15, -0.1) is 0 Å². The Labute approximate surface area is 202 Å². The first-order valence-electron chi connectivity index (χ1n) is 11.6. The minimum Gasteiger partial charge on any atom is -0.508 e. The lowest BCUT2D eigenvalue weighted by Crippen LogP contribution is -2.32.